The third kappa shape index (κ3) is 7.82. The van der Waals surface area contributed by atoms with Crippen LogP contribution in [-0.2, 0) is 0 Å². The van der Waals surface area contributed by atoms with Gasteiger partial charge in [0.15, 0.2) is 21.6 Å². The van der Waals surface area contributed by atoms with Crippen LogP contribution >= 0.6 is 22.7 Å². The zero-order valence-corrected chi connectivity index (χ0v) is 39.0. The first-order valence-corrected chi connectivity index (χ1v) is 23.8. The first-order valence-electron chi connectivity index (χ1n) is 22.2. The maximum atomic E-state index is 14.0. The fourth-order valence-corrected chi connectivity index (χ4v) is 11.2. The molecule has 68 heavy (non-hydrogen) atoms. The number of carbonyl (C=O) groups excluding carboxylic acids is 8. The van der Waals surface area contributed by atoms with Crippen molar-refractivity contribution in [1.82, 2.24) is 44.3 Å². The van der Waals surface area contributed by atoms with Gasteiger partial charge in [0.1, 0.15) is 32.6 Å². The van der Waals surface area contributed by atoms with Crippen LogP contribution in [0.15, 0.2) is 72.1 Å². The zero-order valence-electron chi connectivity index (χ0n) is 37.3. The van der Waals surface area contributed by atoms with Gasteiger partial charge >= 0.3 is 0 Å². The average molecular weight is 960 g/mol. The summed E-state index contributed by atoms with van der Waals surface area (Å²) in [5.41, 5.74) is 1.23. The Balaban J connectivity index is 0.750. The summed E-state index contributed by atoms with van der Waals surface area (Å²) in [6, 6.07) is 13.6. The lowest BCUT2D eigenvalue weighted by Gasteiger charge is -2.56. The molecule has 6 aliphatic rings. The number of ketones is 4. The highest BCUT2D eigenvalue weighted by Gasteiger charge is 2.47. The van der Waals surface area contributed by atoms with Crippen LogP contribution in [-0.4, -0.2) is 190 Å². The van der Waals surface area contributed by atoms with Gasteiger partial charge in [-0.1, -0.05) is 0 Å². The van der Waals surface area contributed by atoms with E-state index >= 15 is 0 Å². The van der Waals surface area contributed by atoms with E-state index in [-0.39, 0.29) is 92.9 Å². The lowest BCUT2D eigenvalue weighted by molar-refractivity contribution is -0.0903. The third-order valence-corrected chi connectivity index (χ3v) is 15.5. The highest BCUT2D eigenvalue weighted by Crippen LogP contribution is 2.39. The van der Waals surface area contributed by atoms with Crippen molar-refractivity contribution >= 4 is 69.4 Å². The van der Waals surface area contributed by atoms with Crippen LogP contribution < -0.4 is 9.47 Å². The highest BCUT2D eigenvalue weighted by atomic mass is 32.1. The van der Waals surface area contributed by atoms with Crippen molar-refractivity contribution in [3.05, 3.63) is 114 Å². The summed E-state index contributed by atoms with van der Waals surface area (Å²) in [4.78, 5) is 130. The Bertz CT molecular complexity index is 2670. The molecular formula is C47H45N9O10S2. The van der Waals surface area contributed by atoms with Crippen LogP contribution in [0.1, 0.15) is 93.5 Å². The molecule has 4 saturated heterocycles. The second kappa shape index (κ2) is 17.8. The molecule has 0 spiro atoms. The summed E-state index contributed by atoms with van der Waals surface area (Å²) in [6.07, 6.45) is 3.25. The van der Waals surface area contributed by atoms with Gasteiger partial charge in [0.25, 0.3) is 23.6 Å². The number of hydrogen-bond donors (Lipinski definition) is 0. The minimum atomic E-state index is -0.463. The summed E-state index contributed by atoms with van der Waals surface area (Å²) < 4.78 is 10.4. The molecule has 0 radical (unpaired) electrons. The van der Waals surface area contributed by atoms with E-state index < -0.39 is 34.9 Å². The molecule has 19 nitrogen and oxygen atoms in total. The largest absolute Gasteiger partial charge is 0.497 e. The average Bonchev–Trinajstić information content (AvgIpc) is 4.01. The molecule has 4 amide bonds. The number of amides is 4. The van der Waals surface area contributed by atoms with Gasteiger partial charge in [-0.2, -0.15) is 0 Å². The molecule has 0 bridgehead atoms. The molecule has 4 aromatic rings. The van der Waals surface area contributed by atoms with E-state index in [0.717, 1.165) is 22.7 Å². The van der Waals surface area contributed by atoms with E-state index in [1.54, 1.807) is 82.4 Å². The number of ether oxygens (including phenoxy) is 2. The molecule has 2 aromatic heterocycles. The minimum Gasteiger partial charge on any atom is -0.497 e. The van der Waals surface area contributed by atoms with Gasteiger partial charge in [-0.05, 0) is 68.4 Å². The molecule has 2 aromatic carbocycles. The monoisotopic (exact) mass is 959 g/mol. The third-order valence-electron chi connectivity index (χ3n) is 13.4. The number of aromatic nitrogens is 2. The summed E-state index contributed by atoms with van der Waals surface area (Å²) >= 11 is 1.78. The van der Waals surface area contributed by atoms with E-state index in [9.17, 15) is 38.4 Å². The number of likely N-dealkylation sites (tertiary alicyclic amines) is 2. The number of rotatable bonds is 10. The van der Waals surface area contributed by atoms with Gasteiger partial charge < -0.3 is 38.9 Å². The Morgan fingerprint density at radius 3 is 1.18 bits per heavy atom. The lowest BCUT2D eigenvalue weighted by Crippen LogP contribution is -2.66. The predicted octanol–water partition coefficient (Wildman–Crippen LogP) is 3.03. The number of carbonyl (C=O) groups is 8. The van der Waals surface area contributed by atoms with Crippen LogP contribution in [0.25, 0.3) is 0 Å². The summed E-state index contributed by atoms with van der Waals surface area (Å²) in [5.74, 6) is -1.63. The van der Waals surface area contributed by atoms with Gasteiger partial charge in [-0.3, -0.25) is 43.3 Å². The van der Waals surface area contributed by atoms with E-state index in [1.807, 2.05) is 21.7 Å². The number of piperazine rings is 2. The van der Waals surface area contributed by atoms with Crippen LogP contribution in [0.5, 0.6) is 11.5 Å². The van der Waals surface area contributed by atoms with E-state index in [2.05, 4.69) is 9.97 Å². The van der Waals surface area contributed by atoms with Crippen molar-refractivity contribution in [3.8, 4) is 11.5 Å². The molecule has 0 saturated carbocycles. The van der Waals surface area contributed by atoms with Crippen LogP contribution in [0.4, 0.5) is 0 Å². The van der Waals surface area contributed by atoms with E-state index in [0.29, 0.717) is 74.7 Å². The summed E-state index contributed by atoms with van der Waals surface area (Å²) in [6.45, 7) is 3.21. The highest BCUT2D eigenvalue weighted by molar-refractivity contribution is 7.16. The number of allylic oxidation sites excluding steroid dienone is 4. The zero-order chi connectivity index (χ0) is 47.5. The molecule has 2 aliphatic carbocycles. The molecule has 2 unspecified atom stereocenters. The molecule has 4 aliphatic heterocycles. The number of fused-ring (bicyclic) bond motifs is 2. The minimum absolute atomic E-state index is 0.0283. The Kier molecular flexibility index (Phi) is 11.7. The molecule has 21 heteroatoms. The van der Waals surface area contributed by atoms with Crippen molar-refractivity contribution < 1.29 is 47.8 Å². The van der Waals surface area contributed by atoms with Gasteiger partial charge in [-0.25, -0.2) is 9.97 Å². The standard InChI is InChI=1S/C47H45N9O10S2/c1-50(34-12-14-55(34)30-24-32(57)40-36(38(30)59)48-42(67-40)46(63)53-20-16-51(17-21-53)44(61)26-4-8-28(65-2)9-5-26)35-13-15-56(35)31-25-33(58)41-37(39(31)60)49-43(68-41)47(64)54-22-18-52(19-23-54)45(62)27-6-10-29(66-3)11-7-27/h4-11,24-25,34-35H,12-23H2,1-3H3. The fraction of sp³-hybridized carbons (Fsp3) is 0.362. The number of thiazole rings is 2. The molecule has 10 rings (SSSR count). The maximum Gasteiger partial charge on any atom is 0.282 e. The molecule has 350 valence electrons. The number of hydrogen-bond acceptors (Lipinski definition) is 17. The van der Waals surface area contributed by atoms with Crippen molar-refractivity contribution in [2.45, 2.75) is 25.2 Å². The second-order valence-electron chi connectivity index (χ2n) is 17.1. The van der Waals surface area contributed by atoms with Crippen molar-refractivity contribution in [2.24, 2.45) is 0 Å². The molecule has 0 N–H and O–H groups in total. The number of benzene rings is 2. The van der Waals surface area contributed by atoms with E-state index in [1.165, 1.54) is 12.2 Å². The van der Waals surface area contributed by atoms with Gasteiger partial charge in [0.05, 0.1) is 37.9 Å². The second-order valence-corrected chi connectivity index (χ2v) is 19.1. The first kappa shape index (κ1) is 44.7. The summed E-state index contributed by atoms with van der Waals surface area (Å²) in [5, 5.41) is 0.0567. The Labute approximate surface area is 397 Å². The fourth-order valence-electron chi connectivity index (χ4n) is 9.33. The maximum absolute atomic E-state index is 14.0. The smallest absolute Gasteiger partial charge is 0.282 e. The van der Waals surface area contributed by atoms with E-state index in [4.69, 9.17) is 9.47 Å². The molecular weight excluding hydrogens is 915 g/mol. The predicted molar refractivity (Wildman–Crippen MR) is 245 cm³/mol. The van der Waals surface area contributed by atoms with Crippen LogP contribution in [0, 0.1) is 0 Å². The van der Waals surface area contributed by atoms with Crippen molar-refractivity contribution in [3.63, 3.8) is 0 Å². The van der Waals surface area contributed by atoms with Crippen molar-refractivity contribution in [2.75, 3.05) is 86.7 Å². The van der Waals surface area contributed by atoms with Crippen LogP contribution in [0.3, 0.4) is 0 Å². The topological polar surface area (TPSA) is 203 Å². The Morgan fingerprint density at radius 1 is 0.529 bits per heavy atom. The SMILES string of the molecule is COc1ccc(C(=O)N2CCN(C(=O)c3nc4c(s3)C(=O)C=C(N3CCC3N(C)C3CCN3C3=CC(=O)c5sc(C(=O)N6CCN(C(=O)c7ccc(OC)cc7)CC6)nc5C3=O)C4=O)CC2)cc1. The first-order chi connectivity index (χ1) is 32.8. The van der Waals surface area contributed by atoms with Gasteiger partial charge in [0, 0.05) is 88.7 Å². The number of Topliss-reactive ketones (excluding diaryl/α,β-unsaturated/α-hetero) is 2. The quantitative estimate of drug-likeness (QED) is 0.224. The van der Waals surface area contributed by atoms with Crippen molar-refractivity contribution in [1.29, 1.82) is 0 Å². The molecule has 4 fully saturated rings. The lowest BCUT2D eigenvalue weighted by atomic mass is 9.96. The Morgan fingerprint density at radius 2 is 0.868 bits per heavy atom. The van der Waals surface area contributed by atoms with Gasteiger partial charge in [0.2, 0.25) is 11.6 Å². The number of nitrogens with zero attached hydrogens (tertiary/aromatic N) is 9. The molecule has 6 heterocycles. The Hall–Kier alpha value is -7.10. The normalized spacial score (nSPS) is 20.4. The summed E-state index contributed by atoms with van der Waals surface area (Å²) in [7, 11) is 4.97. The molecule has 2 atom stereocenters. The van der Waals surface area contributed by atoms with Crippen LogP contribution in [0.2, 0.25) is 0 Å². The number of methoxy groups -OCH3 is 2. The van der Waals surface area contributed by atoms with Gasteiger partial charge in [-0.15, -0.1) is 22.7 Å².